The highest BCUT2D eigenvalue weighted by molar-refractivity contribution is 5.27. The van der Waals surface area contributed by atoms with Gasteiger partial charge < -0.3 is 14.9 Å². The lowest BCUT2D eigenvalue weighted by Crippen LogP contribution is -2.49. The third kappa shape index (κ3) is 3.32. The largest absolute Gasteiger partial charge is 0.382 e. The molecule has 3 heteroatoms. The quantitative estimate of drug-likeness (QED) is 0.738. The van der Waals surface area contributed by atoms with Crippen molar-refractivity contribution in [3.8, 4) is 0 Å². The first-order chi connectivity index (χ1) is 10.0. The molecule has 112 valence electrons. The van der Waals surface area contributed by atoms with Crippen LogP contribution in [0, 0.1) is 0 Å². The van der Waals surface area contributed by atoms with E-state index in [-0.39, 0.29) is 0 Å². The van der Waals surface area contributed by atoms with Crippen LogP contribution in [0.2, 0.25) is 0 Å². The molecule has 2 N–H and O–H groups in total. The van der Waals surface area contributed by atoms with Gasteiger partial charge in [0.1, 0.15) is 23.4 Å². The second kappa shape index (κ2) is 6.39. The van der Waals surface area contributed by atoms with E-state index in [9.17, 15) is 10.2 Å². The summed E-state index contributed by atoms with van der Waals surface area (Å²) in [6, 6.07) is 0. The Bertz CT molecular complexity index is 469. The number of aliphatic hydroxyl groups is 2. The fraction of sp³-hybridized carbons (Fsp3) is 0.333. The van der Waals surface area contributed by atoms with Crippen LogP contribution < -0.4 is 0 Å². The molecule has 0 aromatic rings. The average molecular weight is 286 g/mol. The molecule has 0 aromatic heterocycles. The Balaban J connectivity index is 2.19. The highest BCUT2D eigenvalue weighted by atomic mass is 16.5. The van der Waals surface area contributed by atoms with Crippen molar-refractivity contribution >= 4 is 0 Å². The van der Waals surface area contributed by atoms with Crippen LogP contribution in [0.15, 0.2) is 73.9 Å². The Labute approximate surface area is 125 Å². The summed E-state index contributed by atoms with van der Waals surface area (Å²) in [5.74, 6) is 0. The third-order valence-corrected chi connectivity index (χ3v) is 3.78. The molecule has 0 aromatic carbocycles. The second-order valence-corrected chi connectivity index (χ2v) is 5.43. The van der Waals surface area contributed by atoms with Gasteiger partial charge in [-0.15, -0.1) is 13.2 Å². The van der Waals surface area contributed by atoms with Crippen LogP contribution in [0.1, 0.15) is 12.8 Å². The summed E-state index contributed by atoms with van der Waals surface area (Å²) in [6.45, 7) is 7.36. The summed E-state index contributed by atoms with van der Waals surface area (Å²) in [6.07, 6.45) is 17.2. The van der Waals surface area contributed by atoms with E-state index in [0.717, 1.165) is 0 Å². The standard InChI is InChI=1S/C18H22O3/c1-3-11-17(19)13-7-5-9-15(17)21-16-10-6-8-14-18(16,20)12-4-2/h3-10,13-16,19-20H,1-2,11-12H2. The average Bonchev–Trinajstić information content (AvgIpc) is 2.44. The van der Waals surface area contributed by atoms with E-state index in [2.05, 4.69) is 13.2 Å². The SMILES string of the molecule is C=CCC1(O)C=CC=CC1OC1C=CC=CC1(O)CC=C. The van der Waals surface area contributed by atoms with Gasteiger partial charge >= 0.3 is 0 Å². The molecule has 2 aliphatic rings. The minimum atomic E-state index is -1.14. The summed E-state index contributed by atoms with van der Waals surface area (Å²) in [5.41, 5.74) is -2.28. The maximum Gasteiger partial charge on any atom is 0.116 e. The molecule has 4 unspecified atom stereocenters. The number of ether oxygens (including phenoxy) is 1. The molecule has 0 aliphatic heterocycles. The highest BCUT2D eigenvalue weighted by Gasteiger charge is 2.40. The summed E-state index contributed by atoms with van der Waals surface area (Å²) < 4.78 is 6.00. The Kier molecular flexibility index (Phi) is 4.78. The van der Waals surface area contributed by atoms with E-state index in [4.69, 9.17) is 4.74 Å². The van der Waals surface area contributed by atoms with Gasteiger partial charge in [-0.05, 0) is 12.2 Å². The number of allylic oxidation sites excluding steroid dienone is 4. The smallest absolute Gasteiger partial charge is 0.116 e. The van der Waals surface area contributed by atoms with Crippen LogP contribution in [-0.4, -0.2) is 33.6 Å². The Hall–Kier alpha value is -1.68. The molecule has 2 aliphatic carbocycles. The Morgan fingerprint density at radius 3 is 1.67 bits per heavy atom. The molecule has 0 saturated heterocycles. The summed E-state index contributed by atoms with van der Waals surface area (Å²) in [7, 11) is 0. The normalized spacial score (nSPS) is 37.6. The minimum absolute atomic E-state index is 0.380. The Morgan fingerprint density at radius 1 is 0.857 bits per heavy atom. The molecule has 2 rings (SSSR count). The number of rotatable bonds is 6. The van der Waals surface area contributed by atoms with Gasteiger partial charge in [-0.25, -0.2) is 0 Å². The number of hydrogen-bond acceptors (Lipinski definition) is 3. The lowest BCUT2D eigenvalue weighted by atomic mass is 9.86. The van der Waals surface area contributed by atoms with Crippen LogP contribution in [0.4, 0.5) is 0 Å². The Morgan fingerprint density at radius 2 is 1.29 bits per heavy atom. The molecule has 3 nitrogen and oxygen atoms in total. The maximum absolute atomic E-state index is 10.7. The molecule has 0 fully saturated rings. The fourth-order valence-electron chi connectivity index (χ4n) is 2.61. The maximum atomic E-state index is 10.7. The predicted molar refractivity (Wildman–Crippen MR) is 84.7 cm³/mol. The first-order valence-electron chi connectivity index (χ1n) is 7.08. The first-order valence-corrected chi connectivity index (χ1v) is 7.08. The lowest BCUT2D eigenvalue weighted by molar-refractivity contribution is -0.126. The highest BCUT2D eigenvalue weighted by Crippen LogP contribution is 2.32. The molecule has 0 saturated carbocycles. The molecule has 0 spiro atoms. The van der Waals surface area contributed by atoms with Crippen LogP contribution in [0.3, 0.4) is 0 Å². The lowest BCUT2D eigenvalue weighted by Gasteiger charge is -2.39. The zero-order valence-corrected chi connectivity index (χ0v) is 12.1. The van der Waals surface area contributed by atoms with Crippen LogP contribution in [0.25, 0.3) is 0 Å². The molecule has 4 atom stereocenters. The third-order valence-electron chi connectivity index (χ3n) is 3.78. The van der Waals surface area contributed by atoms with Gasteiger partial charge in [0, 0.05) is 12.8 Å². The molecule has 21 heavy (non-hydrogen) atoms. The van der Waals surface area contributed by atoms with Crippen LogP contribution in [-0.2, 0) is 4.74 Å². The number of hydrogen-bond donors (Lipinski definition) is 2. The zero-order valence-electron chi connectivity index (χ0n) is 12.1. The van der Waals surface area contributed by atoms with Crippen molar-refractivity contribution in [2.45, 2.75) is 36.3 Å². The van der Waals surface area contributed by atoms with Crippen molar-refractivity contribution in [1.82, 2.24) is 0 Å². The molecule has 0 bridgehead atoms. The van der Waals surface area contributed by atoms with Gasteiger partial charge in [-0.1, -0.05) is 48.6 Å². The van der Waals surface area contributed by atoms with Gasteiger partial charge in [0.15, 0.2) is 0 Å². The molecule has 0 heterocycles. The molecular formula is C18H22O3. The van der Waals surface area contributed by atoms with Gasteiger partial charge in [0.25, 0.3) is 0 Å². The fourth-order valence-corrected chi connectivity index (χ4v) is 2.61. The minimum Gasteiger partial charge on any atom is -0.382 e. The summed E-state index contributed by atoms with van der Waals surface area (Å²) in [5, 5.41) is 21.4. The van der Waals surface area contributed by atoms with Gasteiger partial charge in [-0.3, -0.25) is 0 Å². The van der Waals surface area contributed by atoms with Crippen molar-refractivity contribution < 1.29 is 14.9 Å². The second-order valence-electron chi connectivity index (χ2n) is 5.43. The van der Waals surface area contributed by atoms with Crippen LogP contribution in [0.5, 0.6) is 0 Å². The van der Waals surface area contributed by atoms with Gasteiger partial charge in [0.05, 0.1) is 0 Å². The van der Waals surface area contributed by atoms with Crippen LogP contribution >= 0.6 is 0 Å². The van der Waals surface area contributed by atoms with E-state index < -0.39 is 23.4 Å². The van der Waals surface area contributed by atoms with Crippen molar-refractivity contribution in [3.05, 3.63) is 73.9 Å². The van der Waals surface area contributed by atoms with Crippen molar-refractivity contribution in [1.29, 1.82) is 0 Å². The summed E-state index contributed by atoms with van der Waals surface area (Å²) in [4.78, 5) is 0. The van der Waals surface area contributed by atoms with E-state index >= 15 is 0 Å². The van der Waals surface area contributed by atoms with Crippen molar-refractivity contribution in [2.75, 3.05) is 0 Å². The molecule has 0 radical (unpaired) electrons. The topological polar surface area (TPSA) is 49.7 Å². The van der Waals surface area contributed by atoms with E-state index in [1.165, 1.54) is 0 Å². The van der Waals surface area contributed by atoms with E-state index in [1.807, 2.05) is 12.2 Å². The zero-order chi connectivity index (χ0) is 15.3. The molecule has 0 amide bonds. The van der Waals surface area contributed by atoms with E-state index in [1.54, 1.807) is 48.6 Å². The first kappa shape index (κ1) is 15.7. The van der Waals surface area contributed by atoms with Gasteiger partial charge in [-0.2, -0.15) is 0 Å². The molecular weight excluding hydrogens is 264 g/mol. The van der Waals surface area contributed by atoms with Crippen molar-refractivity contribution in [2.24, 2.45) is 0 Å². The van der Waals surface area contributed by atoms with E-state index in [0.29, 0.717) is 12.8 Å². The monoisotopic (exact) mass is 286 g/mol. The van der Waals surface area contributed by atoms with Gasteiger partial charge in [0.2, 0.25) is 0 Å². The van der Waals surface area contributed by atoms with Crippen molar-refractivity contribution in [3.63, 3.8) is 0 Å². The summed E-state index contributed by atoms with van der Waals surface area (Å²) >= 11 is 0. The predicted octanol–water partition coefficient (Wildman–Crippen LogP) is 2.61.